The highest BCUT2D eigenvalue weighted by Gasteiger charge is 2.17. The van der Waals surface area contributed by atoms with Crippen LogP contribution in [0.5, 0.6) is 0 Å². The number of ether oxygens (including phenoxy) is 1. The second kappa shape index (κ2) is 9.94. The van der Waals surface area contributed by atoms with Gasteiger partial charge in [0.15, 0.2) is 5.16 Å². The quantitative estimate of drug-likeness (QED) is 0.320. The van der Waals surface area contributed by atoms with Crippen molar-refractivity contribution in [3.05, 3.63) is 58.3 Å². The molecule has 0 unspecified atom stereocenters. The van der Waals surface area contributed by atoms with Gasteiger partial charge in [0.1, 0.15) is 5.76 Å². The first-order chi connectivity index (χ1) is 14.9. The van der Waals surface area contributed by atoms with Gasteiger partial charge in [-0.05, 0) is 37.3 Å². The molecular formula is C20H20N4O6S. The predicted molar refractivity (Wildman–Crippen MR) is 113 cm³/mol. The lowest BCUT2D eigenvalue weighted by atomic mass is 10.1. The molecule has 0 aliphatic heterocycles. The Morgan fingerprint density at radius 3 is 2.74 bits per heavy atom. The highest BCUT2D eigenvalue weighted by atomic mass is 32.2. The number of urea groups is 1. The summed E-state index contributed by atoms with van der Waals surface area (Å²) < 4.78 is 11.4. The highest BCUT2D eigenvalue weighted by Crippen LogP contribution is 2.20. The number of methoxy groups -OCH3 is 1. The van der Waals surface area contributed by atoms with E-state index in [2.05, 4.69) is 15.6 Å². The van der Waals surface area contributed by atoms with Crippen LogP contribution in [0.3, 0.4) is 0 Å². The first-order valence-corrected chi connectivity index (χ1v) is 10.3. The largest absolute Gasteiger partial charge is 0.467 e. The molecule has 162 valence electrons. The summed E-state index contributed by atoms with van der Waals surface area (Å²) in [5.41, 5.74) is 0.176. The smallest absolute Gasteiger partial charge is 0.337 e. The van der Waals surface area contributed by atoms with Crippen LogP contribution >= 0.6 is 11.8 Å². The summed E-state index contributed by atoms with van der Waals surface area (Å²) in [5, 5.41) is 5.20. The van der Waals surface area contributed by atoms with Crippen LogP contribution in [0, 0.1) is 0 Å². The van der Waals surface area contributed by atoms with E-state index in [-0.39, 0.29) is 34.1 Å². The fourth-order valence-corrected chi connectivity index (χ4v) is 3.55. The number of carbonyl (C=O) groups is 3. The van der Waals surface area contributed by atoms with Crippen LogP contribution in [0.15, 0.2) is 51.0 Å². The minimum absolute atomic E-state index is 0.105. The van der Waals surface area contributed by atoms with Crippen molar-refractivity contribution >= 4 is 40.6 Å². The Bertz CT molecular complexity index is 1170. The molecule has 0 spiro atoms. The Morgan fingerprint density at radius 1 is 1.26 bits per heavy atom. The van der Waals surface area contributed by atoms with E-state index in [0.717, 1.165) is 11.8 Å². The van der Waals surface area contributed by atoms with Gasteiger partial charge in [0.05, 0.1) is 42.1 Å². The molecule has 10 nitrogen and oxygen atoms in total. The van der Waals surface area contributed by atoms with E-state index in [0.29, 0.717) is 17.7 Å². The third-order valence-corrected chi connectivity index (χ3v) is 5.13. The van der Waals surface area contributed by atoms with E-state index in [4.69, 9.17) is 9.15 Å². The number of benzene rings is 1. The van der Waals surface area contributed by atoms with Gasteiger partial charge in [-0.2, -0.15) is 0 Å². The van der Waals surface area contributed by atoms with Gasteiger partial charge in [-0.15, -0.1) is 0 Å². The van der Waals surface area contributed by atoms with E-state index >= 15 is 0 Å². The maximum atomic E-state index is 13.1. The van der Waals surface area contributed by atoms with Gasteiger partial charge in [0.2, 0.25) is 5.91 Å². The number of nitrogens with zero attached hydrogens (tertiary/aromatic N) is 2. The molecule has 0 aliphatic rings. The second-order valence-electron chi connectivity index (χ2n) is 6.28. The molecule has 11 heteroatoms. The van der Waals surface area contributed by atoms with Crippen LogP contribution in [0.25, 0.3) is 10.9 Å². The Kier molecular flexibility index (Phi) is 7.08. The van der Waals surface area contributed by atoms with Crippen molar-refractivity contribution in [2.75, 3.05) is 19.4 Å². The van der Waals surface area contributed by atoms with Crippen LogP contribution in [0.4, 0.5) is 4.79 Å². The Labute approximate surface area is 181 Å². The third-order valence-electron chi connectivity index (χ3n) is 4.16. The first kappa shape index (κ1) is 22.1. The number of hydrogen-bond acceptors (Lipinski definition) is 8. The van der Waals surface area contributed by atoms with Crippen molar-refractivity contribution < 1.29 is 23.5 Å². The number of nitrogens with one attached hydrogen (secondary N) is 2. The number of amides is 3. The van der Waals surface area contributed by atoms with Crippen LogP contribution in [-0.2, 0) is 16.1 Å². The van der Waals surface area contributed by atoms with Crippen molar-refractivity contribution in [3.63, 3.8) is 0 Å². The van der Waals surface area contributed by atoms with Crippen molar-refractivity contribution in [2.24, 2.45) is 0 Å². The summed E-state index contributed by atoms with van der Waals surface area (Å²) in [5.74, 6) is -0.718. The Balaban J connectivity index is 1.96. The minimum Gasteiger partial charge on any atom is -0.467 e. The Hall–Kier alpha value is -3.60. The number of fused-ring (bicyclic) bond motifs is 1. The second-order valence-corrected chi connectivity index (χ2v) is 7.23. The lowest BCUT2D eigenvalue weighted by Gasteiger charge is -2.12. The first-order valence-electron chi connectivity index (χ1n) is 9.28. The summed E-state index contributed by atoms with van der Waals surface area (Å²) in [4.78, 5) is 53.0. The zero-order valence-corrected chi connectivity index (χ0v) is 17.7. The minimum atomic E-state index is -0.602. The molecule has 3 amide bonds. The zero-order chi connectivity index (χ0) is 22.4. The monoisotopic (exact) mass is 444 g/mol. The van der Waals surface area contributed by atoms with Crippen LogP contribution in [-0.4, -0.2) is 46.9 Å². The van der Waals surface area contributed by atoms with Gasteiger partial charge in [-0.1, -0.05) is 11.8 Å². The van der Waals surface area contributed by atoms with Gasteiger partial charge in [0, 0.05) is 6.54 Å². The van der Waals surface area contributed by atoms with Gasteiger partial charge < -0.3 is 14.5 Å². The fourth-order valence-electron chi connectivity index (χ4n) is 2.75. The molecule has 1 aromatic carbocycles. The maximum Gasteiger partial charge on any atom is 0.337 e. The molecule has 31 heavy (non-hydrogen) atoms. The highest BCUT2D eigenvalue weighted by molar-refractivity contribution is 7.99. The standard InChI is InChI=1S/C20H20N4O6S/c1-3-21-19(28)23-16(25)11-31-20-22-15-9-12(18(27)29-2)6-7-14(15)17(26)24(20)10-13-5-4-8-30-13/h4-9H,3,10-11H2,1-2H3,(H2,21,23,25,28). The van der Waals surface area contributed by atoms with Gasteiger partial charge in [0.25, 0.3) is 5.56 Å². The zero-order valence-electron chi connectivity index (χ0n) is 16.8. The van der Waals surface area contributed by atoms with Gasteiger partial charge >= 0.3 is 12.0 Å². The molecule has 0 fully saturated rings. The summed E-state index contributed by atoms with van der Waals surface area (Å²) in [7, 11) is 1.26. The lowest BCUT2D eigenvalue weighted by molar-refractivity contribution is -0.117. The maximum absolute atomic E-state index is 13.1. The molecule has 0 atom stereocenters. The fraction of sp³-hybridized carbons (Fsp3) is 0.250. The SMILES string of the molecule is CCNC(=O)NC(=O)CSc1nc2cc(C(=O)OC)ccc2c(=O)n1Cc1ccco1. The number of furan rings is 1. The normalized spacial score (nSPS) is 10.6. The van der Waals surface area contributed by atoms with E-state index in [1.165, 1.54) is 36.1 Å². The molecule has 2 heterocycles. The number of aromatic nitrogens is 2. The average molecular weight is 444 g/mol. The summed E-state index contributed by atoms with van der Waals surface area (Å²) in [6.07, 6.45) is 1.49. The number of imide groups is 1. The third kappa shape index (κ3) is 5.31. The number of hydrogen-bond donors (Lipinski definition) is 2. The van der Waals surface area contributed by atoms with E-state index < -0.39 is 17.9 Å². The lowest BCUT2D eigenvalue weighted by Crippen LogP contribution is -2.40. The Morgan fingerprint density at radius 2 is 2.06 bits per heavy atom. The van der Waals surface area contributed by atoms with E-state index in [1.54, 1.807) is 19.1 Å². The summed E-state index contributed by atoms with van der Waals surface area (Å²) in [6.45, 7) is 2.21. The predicted octanol–water partition coefficient (Wildman–Crippen LogP) is 1.76. The van der Waals surface area contributed by atoms with Gasteiger partial charge in [-0.25, -0.2) is 14.6 Å². The number of carbonyl (C=O) groups excluding carboxylic acids is 3. The van der Waals surface area contributed by atoms with Crippen LogP contribution < -0.4 is 16.2 Å². The van der Waals surface area contributed by atoms with Gasteiger partial charge in [-0.3, -0.25) is 19.5 Å². The van der Waals surface area contributed by atoms with E-state index in [1.807, 2.05) is 0 Å². The van der Waals surface area contributed by atoms with Crippen molar-refractivity contribution in [1.82, 2.24) is 20.2 Å². The molecule has 0 bridgehead atoms. The van der Waals surface area contributed by atoms with Crippen molar-refractivity contribution in [3.8, 4) is 0 Å². The van der Waals surface area contributed by atoms with Crippen molar-refractivity contribution in [2.45, 2.75) is 18.6 Å². The molecule has 3 rings (SSSR count). The molecule has 2 aromatic heterocycles. The summed E-state index contributed by atoms with van der Waals surface area (Å²) >= 11 is 0.988. The van der Waals surface area contributed by atoms with Crippen molar-refractivity contribution in [1.29, 1.82) is 0 Å². The summed E-state index contributed by atoms with van der Waals surface area (Å²) in [6, 6.07) is 7.26. The van der Waals surface area contributed by atoms with E-state index in [9.17, 15) is 19.2 Å². The number of rotatable bonds is 7. The molecule has 0 saturated heterocycles. The molecule has 0 radical (unpaired) electrons. The molecule has 2 N–H and O–H groups in total. The molecule has 3 aromatic rings. The molecular weight excluding hydrogens is 424 g/mol. The molecule has 0 saturated carbocycles. The number of thioether (sulfide) groups is 1. The molecule has 0 aliphatic carbocycles. The van der Waals surface area contributed by atoms with Crippen LogP contribution in [0.2, 0.25) is 0 Å². The topological polar surface area (TPSA) is 133 Å². The average Bonchev–Trinajstić information content (AvgIpc) is 3.27. The van der Waals surface area contributed by atoms with Crippen LogP contribution in [0.1, 0.15) is 23.0 Å². The number of esters is 1.